The van der Waals surface area contributed by atoms with Crippen LogP contribution in [0.4, 0.5) is 102 Å². The van der Waals surface area contributed by atoms with Crippen molar-refractivity contribution in [1.29, 1.82) is 0 Å². The zero-order valence-corrected chi connectivity index (χ0v) is 77.1. The molecule has 0 bridgehead atoms. The molecule has 4 aromatic heterocycles. The fraction of sp³-hybridized carbons (Fsp3) is 0. The summed E-state index contributed by atoms with van der Waals surface area (Å²) in [4.78, 5) is 14.6. The van der Waals surface area contributed by atoms with Crippen LogP contribution in [0.25, 0.3) is 124 Å². The predicted molar refractivity (Wildman–Crippen MR) is 590 cm³/mol. The van der Waals surface area contributed by atoms with Crippen molar-refractivity contribution in [2.24, 2.45) is 0 Å². The quantitative estimate of drug-likeness (QED) is 0.0798. The molecular weight excluding hydrogens is 1730 g/mol. The van der Waals surface area contributed by atoms with Crippen LogP contribution in [0.3, 0.4) is 0 Å². The third-order valence-corrected chi connectivity index (χ3v) is 30.8. The zero-order chi connectivity index (χ0) is 89.9. The Morgan fingerprint density at radius 1 is 0.118 bits per heavy atom. The van der Waals surface area contributed by atoms with Crippen LogP contribution in [0.2, 0.25) is 0 Å². The molecule has 0 amide bonds. The second-order valence-corrected chi connectivity index (χ2v) is 38.6. The average molecular weight is 1810 g/mol. The van der Waals surface area contributed by atoms with E-state index in [2.05, 4.69) is 539 Å². The Morgan fingerprint density at radius 3 is 0.882 bits per heavy atom. The van der Waals surface area contributed by atoms with Gasteiger partial charge in [-0.05, 0) is 256 Å². The molecule has 0 atom stereocenters. The van der Waals surface area contributed by atoms with Gasteiger partial charge in [0.2, 0.25) is 0 Å². The van der Waals surface area contributed by atoms with Gasteiger partial charge < -0.3 is 29.4 Å². The van der Waals surface area contributed by atoms with E-state index in [0.29, 0.717) is 0 Å². The monoisotopic (exact) mass is 1810 g/mol. The van der Waals surface area contributed by atoms with Crippen molar-refractivity contribution < 1.29 is 0 Å². The standard InChI is InChI=1S/C68H45N3S2.C58H39N3S2/c1-4-17-46(18-5-1)48-31-34-53(35-32-48)69(51-23-6-2-7-24-51)57-44-62-61-43-55(70(52-25-8-3-9-26-52)63-29-16-22-49-20-12-13-27-58(49)63)38-40-67(61)73-68(62)64(45-57)71(54-36-33-47-19-10-11-21-50(47)41-54)56-37-39-66-60(42-56)59-28-14-15-30-65(59)72-66;1-5-19-42(20-6-1)59(43-21-7-2-8-22-43)49-37-53-52-36-47(60(44-23-9-3-10-24-44)46-30-29-40-17-13-14-18-41(40)35-46)32-34-56(52)63-58(53)54(38-49)61(45-25-11-4-12-26-45)48-31-33-51-50-27-15-16-28-55(50)62-57(51)39-48/h1-45H;1-39H. The van der Waals surface area contributed by atoms with Crippen LogP contribution in [0.15, 0.2) is 510 Å². The van der Waals surface area contributed by atoms with Crippen molar-refractivity contribution >= 4 is 261 Å². The average Bonchev–Trinajstić information content (AvgIpc) is 1.57. The van der Waals surface area contributed by atoms with Gasteiger partial charge in [0, 0.05) is 162 Å². The number of nitrogens with zero attached hydrogens (tertiary/aromatic N) is 6. The fourth-order valence-corrected chi connectivity index (χ4v) is 24.4. The van der Waals surface area contributed by atoms with Gasteiger partial charge in [-0.3, -0.25) is 0 Å². The van der Waals surface area contributed by atoms with Crippen molar-refractivity contribution in [3.63, 3.8) is 0 Å². The van der Waals surface area contributed by atoms with E-state index in [-0.39, 0.29) is 0 Å². The minimum atomic E-state index is 1.06. The maximum Gasteiger partial charge on any atom is 0.0661 e. The summed E-state index contributed by atoms with van der Waals surface area (Å²) in [6.45, 7) is 0. The molecule has 136 heavy (non-hydrogen) atoms. The van der Waals surface area contributed by atoms with Crippen molar-refractivity contribution in [2.45, 2.75) is 0 Å². The molecule has 0 saturated heterocycles. The second kappa shape index (κ2) is 35.1. The third-order valence-electron chi connectivity index (χ3n) is 26.1. The Morgan fingerprint density at radius 2 is 0.397 bits per heavy atom. The van der Waals surface area contributed by atoms with E-state index in [1.807, 2.05) is 45.3 Å². The number of rotatable bonds is 19. The molecule has 0 unspecified atom stereocenters. The Bertz CT molecular complexity index is 8910. The molecule has 0 fully saturated rings. The van der Waals surface area contributed by atoms with Gasteiger partial charge in [0.1, 0.15) is 0 Å². The van der Waals surface area contributed by atoms with Crippen molar-refractivity contribution in [1.82, 2.24) is 0 Å². The van der Waals surface area contributed by atoms with Crippen molar-refractivity contribution in [3.05, 3.63) is 510 Å². The van der Waals surface area contributed by atoms with Crippen LogP contribution in [0.1, 0.15) is 0 Å². The van der Waals surface area contributed by atoms with Crippen molar-refractivity contribution in [2.75, 3.05) is 29.4 Å². The number of anilines is 18. The molecule has 0 radical (unpaired) electrons. The molecule has 26 rings (SSSR count). The minimum absolute atomic E-state index is 1.06. The molecule has 0 aliphatic rings. The highest BCUT2D eigenvalue weighted by atomic mass is 32.1. The van der Waals surface area contributed by atoms with Crippen LogP contribution < -0.4 is 29.4 Å². The summed E-state index contributed by atoms with van der Waals surface area (Å²) < 4.78 is 10.0. The summed E-state index contributed by atoms with van der Waals surface area (Å²) in [6.07, 6.45) is 0. The molecule has 642 valence electrons. The molecule has 6 nitrogen and oxygen atoms in total. The van der Waals surface area contributed by atoms with Gasteiger partial charge in [-0.2, -0.15) is 0 Å². The maximum absolute atomic E-state index is 2.51. The first kappa shape index (κ1) is 81.3. The summed E-state index contributed by atoms with van der Waals surface area (Å²) in [5, 5.41) is 17.2. The van der Waals surface area contributed by atoms with Gasteiger partial charge in [-0.15, -0.1) is 45.3 Å². The summed E-state index contributed by atoms with van der Waals surface area (Å²) in [5.74, 6) is 0. The Balaban J connectivity index is 0.000000146. The van der Waals surface area contributed by atoms with E-state index in [0.717, 1.165) is 102 Å². The number of para-hydroxylation sites is 6. The summed E-state index contributed by atoms with van der Waals surface area (Å²) in [6, 6.07) is 186. The fourth-order valence-electron chi connectivity index (χ4n) is 19.8. The lowest BCUT2D eigenvalue weighted by atomic mass is 10.0. The first-order valence-electron chi connectivity index (χ1n) is 46.0. The zero-order valence-electron chi connectivity index (χ0n) is 73.8. The van der Waals surface area contributed by atoms with Gasteiger partial charge in [0.05, 0.1) is 26.5 Å². The van der Waals surface area contributed by atoms with Crippen LogP contribution in [0, 0.1) is 0 Å². The van der Waals surface area contributed by atoms with Gasteiger partial charge in [-0.25, -0.2) is 0 Å². The number of fused-ring (bicyclic) bond motifs is 15. The third kappa shape index (κ3) is 15.1. The first-order valence-corrected chi connectivity index (χ1v) is 49.2. The van der Waals surface area contributed by atoms with E-state index < -0.39 is 0 Å². The lowest BCUT2D eigenvalue weighted by Crippen LogP contribution is -2.13. The highest BCUT2D eigenvalue weighted by Gasteiger charge is 2.29. The van der Waals surface area contributed by atoms with Gasteiger partial charge in [0.25, 0.3) is 0 Å². The molecule has 0 aliphatic heterocycles. The van der Waals surface area contributed by atoms with E-state index in [4.69, 9.17) is 0 Å². The molecule has 0 N–H and O–H groups in total. The Hall–Kier alpha value is -16.7. The summed E-state index contributed by atoms with van der Waals surface area (Å²) in [5.41, 5.74) is 22.2. The topological polar surface area (TPSA) is 19.4 Å². The van der Waals surface area contributed by atoms with E-state index in [9.17, 15) is 0 Å². The predicted octanol–water partition coefficient (Wildman–Crippen LogP) is 38.8. The molecule has 22 aromatic carbocycles. The molecular formula is C126H84N6S4. The highest BCUT2D eigenvalue weighted by molar-refractivity contribution is 7.27. The lowest BCUT2D eigenvalue weighted by molar-refractivity contribution is 1.27. The van der Waals surface area contributed by atoms with E-state index in [1.54, 1.807) is 0 Å². The van der Waals surface area contributed by atoms with Gasteiger partial charge in [0.15, 0.2) is 0 Å². The van der Waals surface area contributed by atoms with Gasteiger partial charge in [-0.1, -0.05) is 291 Å². The molecule has 26 aromatic rings. The lowest BCUT2D eigenvalue weighted by Gasteiger charge is -2.30. The van der Waals surface area contributed by atoms with Crippen LogP contribution in [0.5, 0.6) is 0 Å². The molecule has 0 saturated carbocycles. The van der Waals surface area contributed by atoms with Crippen LogP contribution >= 0.6 is 45.3 Å². The number of benzene rings is 22. The number of hydrogen-bond donors (Lipinski definition) is 0. The maximum atomic E-state index is 2.51. The summed E-state index contributed by atoms with van der Waals surface area (Å²) in [7, 11) is 0. The van der Waals surface area contributed by atoms with E-state index in [1.165, 1.54) is 124 Å². The minimum Gasteiger partial charge on any atom is -0.310 e. The number of thiophene rings is 4. The SMILES string of the molecule is c1ccc(-c2ccc(N(c3ccccc3)c3cc(N(c4ccc5ccccc5c4)c4ccc5sc6ccccc6c5c4)c4sc5ccc(N(c6ccccc6)c6cccc7ccccc67)cc5c4c3)cc2)cc1.c1ccc(N(c2ccc3ccccc3c2)c2ccc3sc4c(N(c5ccccc5)c5ccc6c(c5)sc5ccccc56)cc(N(c5ccccc5)c5ccccc5)cc4c3c2)cc1. The molecule has 0 spiro atoms. The molecule has 4 heterocycles. The smallest absolute Gasteiger partial charge is 0.0661 e. The molecule has 10 heteroatoms. The van der Waals surface area contributed by atoms with E-state index >= 15 is 0 Å². The second-order valence-electron chi connectivity index (χ2n) is 34.3. The number of hydrogen-bond acceptors (Lipinski definition) is 10. The largest absolute Gasteiger partial charge is 0.310 e. The van der Waals surface area contributed by atoms with Gasteiger partial charge >= 0.3 is 0 Å². The van der Waals surface area contributed by atoms with Crippen molar-refractivity contribution in [3.8, 4) is 11.1 Å². The Kier molecular flexibility index (Phi) is 21.0. The highest BCUT2D eigenvalue weighted by Crippen LogP contribution is 2.56. The van der Waals surface area contributed by atoms with Crippen LogP contribution in [-0.4, -0.2) is 0 Å². The Labute approximate surface area is 804 Å². The first-order chi connectivity index (χ1) is 67.4. The molecule has 0 aliphatic carbocycles. The summed E-state index contributed by atoms with van der Waals surface area (Å²) >= 11 is 7.44. The normalized spacial score (nSPS) is 11.5. The van der Waals surface area contributed by atoms with Crippen LogP contribution in [-0.2, 0) is 0 Å².